The standard InChI is InChI=1S/C14H31N3O/c1-8-11(2)17(7)10-9-15-12(3)13(18)16-14(4,5)6/h11-12,15H,8-10H2,1-7H3,(H,16,18). The van der Waals surface area contributed by atoms with Crippen LogP contribution < -0.4 is 10.6 Å². The van der Waals surface area contributed by atoms with Crippen molar-refractivity contribution < 1.29 is 4.79 Å². The average Bonchev–Trinajstić information content (AvgIpc) is 2.25. The summed E-state index contributed by atoms with van der Waals surface area (Å²) < 4.78 is 0. The van der Waals surface area contributed by atoms with Gasteiger partial charge in [0.05, 0.1) is 6.04 Å². The fraction of sp³-hybridized carbons (Fsp3) is 0.929. The van der Waals surface area contributed by atoms with Gasteiger partial charge in [0.15, 0.2) is 0 Å². The third kappa shape index (κ3) is 7.67. The number of carbonyl (C=O) groups is 1. The summed E-state index contributed by atoms with van der Waals surface area (Å²) >= 11 is 0. The Morgan fingerprint density at radius 1 is 1.28 bits per heavy atom. The predicted molar refractivity (Wildman–Crippen MR) is 77.7 cm³/mol. The van der Waals surface area contributed by atoms with Crippen molar-refractivity contribution in [1.82, 2.24) is 15.5 Å². The molecule has 0 aromatic heterocycles. The highest BCUT2D eigenvalue weighted by Crippen LogP contribution is 2.00. The van der Waals surface area contributed by atoms with Gasteiger partial charge in [-0.2, -0.15) is 0 Å². The van der Waals surface area contributed by atoms with E-state index in [1.165, 1.54) is 0 Å². The van der Waals surface area contributed by atoms with Gasteiger partial charge in [0, 0.05) is 24.7 Å². The molecule has 1 amide bonds. The molecule has 0 aromatic carbocycles. The Hall–Kier alpha value is -0.610. The van der Waals surface area contributed by atoms with Crippen LogP contribution in [0.2, 0.25) is 0 Å². The van der Waals surface area contributed by atoms with Gasteiger partial charge in [0.2, 0.25) is 5.91 Å². The van der Waals surface area contributed by atoms with E-state index < -0.39 is 0 Å². The number of amides is 1. The Morgan fingerprint density at radius 3 is 2.28 bits per heavy atom. The summed E-state index contributed by atoms with van der Waals surface area (Å²) in [7, 11) is 2.12. The molecular formula is C14H31N3O. The third-order valence-corrected chi connectivity index (χ3v) is 3.15. The van der Waals surface area contributed by atoms with Crippen molar-refractivity contribution in [2.45, 2.75) is 65.6 Å². The molecule has 0 saturated carbocycles. The summed E-state index contributed by atoms with van der Waals surface area (Å²) in [6.07, 6.45) is 1.15. The lowest BCUT2D eigenvalue weighted by Crippen LogP contribution is -2.50. The first kappa shape index (κ1) is 17.4. The minimum absolute atomic E-state index is 0.0636. The van der Waals surface area contributed by atoms with Crippen LogP contribution in [0, 0.1) is 0 Å². The summed E-state index contributed by atoms with van der Waals surface area (Å²) in [5.74, 6) is 0.0636. The zero-order valence-electron chi connectivity index (χ0n) is 13.1. The van der Waals surface area contributed by atoms with Crippen molar-refractivity contribution in [3.63, 3.8) is 0 Å². The number of likely N-dealkylation sites (N-methyl/N-ethyl adjacent to an activating group) is 1. The van der Waals surface area contributed by atoms with Crippen LogP contribution in [0.15, 0.2) is 0 Å². The molecule has 0 heterocycles. The Morgan fingerprint density at radius 2 is 1.83 bits per heavy atom. The normalized spacial score (nSPS) is 15.6. The largest absolute Gasteiger partial charge is 0.350 e. The molecule has 2 unspecified atom stereocenters. The molecule has 0 aliphatic heterocycles. The van der Waals surface area contributed by atoms with Gasteiger partial charge >= 0.3 is 0 Å². The molecule has 0 aliphatic rings. The van der Waals surface area contributed by atoms with Crippen LogP contribution in [0.4, 0.5) is 0 Å². The van der Waals surface area contributed by atoms with E-state index in [9.17, 15) is 4.79 Å². The Labute approximate surface area is 113 Å². The molecule has 108 valence electrons. The van der Waals surface area contributed by atoms with Crippen LogP contribution in [0.25, 0.3) is 0 Å². The smallest absolute Gasteiger partial charge is 0.237 e. The Bertz CT molecular complexity index is 248. The van der Waals surface area contributed by atoms with Gasteiger partial charge in [-0.3, -0.25) is 4.79 Å². The van der Waals surface area contributed by atoms with Crippen LogP contribution in [0.3, 0.4) is 0 Å². The van der Waals surface area contributed by atoms with E-state index in [2.05, 4.69) is 36.4 Å². The summed E-state index contributed by atoms with van der Waals surface area (Å²) in [4.78, 5) is 14.1. The van der Waals surface area contributed by atoms with E-state index in [4.69, 9.17) is 0 Å². The fourth-order valence-electron chi connectivity index (χ4n) is 1.56. The first-order chi connectivity index (χ1) is 8.17. The second-order valence-corrected chi connectivity index (χ2v) is 6.15. The van der Waals surface area contributed by atoms with E-state index >= 15 is 0 Å². The van der Waals surface area contributed by atoms with Crippen molar-refractivity contribution in [3.05, 3.63) is 0 Å². The number of carbonyl (C=O) groups excluding carboxylic acids is 1. The van der Waals surface area contributed by atoms with Crippen LogP contribution >= 0.6 is 0 Å². The monoisotopic (exact) mass is 257 g/mol. The number of hydrogen-bond acceptors (Lipinski definition) is 3. The summed E-state index contributed by atoms with van der Waals surface area (Å²) in [5, 5.41) is 6.24. The number of hydrogen-bond donors (Lipinski definition) is 2. The molecule has 2 N–H and O–H groups in total. The fourth-order valence-corrected chi connectivity index (χ4v) is 1.56. The molecule has 2 atom stereocenters. The van der Waals surface area contributed by atoms with Gasteiger partial charge in [-0.1, -0.05) is 6.92 Å². The first-order valence-corrected chi connectivity index (χ1v) is 6.93. The SMILES string of the molecule is CCC(C)N(C)CCNC(C)C(=O)NC(C)(C)C. The highest BCUT2D eigenvalue weighted by Gasteiger charge is 2.18. The zero-order chi connectivity index (χ0) is 14.3. The first-order valence-electron chi connectivity index (χ1n) is 6.93. The molecule has 0 aliphatic carbocycles. The molecule has 18 heavy (non-hydrogen) atoms. The molecule has 0 saturated heterocycles. The summed E-state index contributed by atoms with van der Waals surface area (Å²) in [6, 6.07) is 0.445. The zero-order valence-corrected chi connectivity index (χ0v) is 13.1. The minimum atomic E-state index is -0.166. The van der Waals surface area contributed by atoms with E-state index in [1.807, 2.05) is 27.7 Å². The maximum absolute atomic E-state index is 11.8. The predicted octanol–water partition coefficient (Wildman–Crippen LogP) is 1.61. The highest BCUT2D eigenvalue weighted by atomic mass is 16.2. The lowest BCUT2D eigenvalue weighted by molar-refractivity contribution is -0.124. The molecular weight excluding hydrogens is 226 g/mol. The van der Waals surface area contributed by atoms with Gasteiger partial charge in [-0.05, 0) is 48.1 Å². The van der Waals surface area contributed by atoms with Gasteiger partial charge in [-0.25, -0.2) is 0 Å². The molecule has 4 heteroatoms. The number of rotatable bonds is 7. The molecule has 0 fully saturated rings. The molecule has 0 spiro atoms. The lowest BCUT2D eigenvalue weighted by Gasteiger charge is -2.26. The van der Waals surface area contributed by atoms with Crippen LogP contribution in [0.1, 0.15) is 48.0 Å². The molecule has 0 aromatic rings. The molecule has 4 nitrogen and oxygen atoms in total. The average molecular weight is 257 g/mol. The molecule has 0 rings (SSSR count). The van der Waals surface area contributed by atoms with Crippen LogP contribution in [-0.2, 0) is 4.79 Å². The highest BCUT2D eigenvalue weighted by molar-refractivity contribution is 5.81. The molecule has 0 bridgehead atoms. The van der Waals surface area contributed by atoms with Crippen molar-refractivity contribution in [2.24, 2.45) is 0 Å². The second-order valence-electron chi connectivity index (χ2n) is 6.15. The van der Waals surface area contributed by atoms with Crippen molar-refractivity contribution in [1.29, 1.82) is 0 Å². The van der Waals surface area contributed by atoms with Gasteiger partial charge < -0.3 is 15.5 Å². The maximum Gasteiger partial charge on any atom is 0.237 e. The number of nitrogens with zero attached hydrogens (tertiary/aromatic N) is 1. The Balaban J connectivity index is 3.90. The van der Waals surface area contributed by atoms with Gasteiger partial charge in [0.25, 0.3) is 0 Å². The van der Waals surface area contributed by atoms with E-state index in [0.29, 0.717) is 6.04 Å². The lowest BCUT2D eigenvalue weighted by atomic mass is 10.1. The minimum Gasteiger partial charge on any atom is -0.350 e. The maximum atomic E-state index is 11.8. The van der Waals surface area contributed by atoms with E-state index in [1.54, 1.807) is 0 Å². The van der Waals surface area contributed by atoms with Gasteiger partial charge in [0.1, 0.15) is 0 Å². The summed E-state index contributed by atoms with van der Waals surface area (Å²) in [6.45, 7) is 14.1. The van der Waals surface area contributed by atoms with E-state index in [0.717, 1.165) is 19.5 Å². The second kappa shape index (κ2) is 7.74. The third-order valence-electron chi connectivity index (χ3n) is 3.15. The Kier molecular flexibility index (Phi) is 7.48. The van der Waals surface area contributed by atoms with Crippen molar-refractivity contribution in [3.8, 4) is 0 Å². The van der Waals surface area contributed by atoms with Crippen LogP contribution in [-0.4, -0.2) is 48.6 Å². The van der Waals surface area contributed by atoms with E-state index in [-0.39, 0.29) is 17.5 Å². The topological polar surface area (TPSA) is 44.4 Å². The van der Waals surface area contributed by atoms with Gasteiger partial charge in [-0.15, -0.1) is 0 Å². The summed E-state index contributed by atoms with van der Waals surface area (Å²) in [5.41, 5.74) is -0.166. The molecule has 0 radical (unpaired) electrons. The van der Waals surface area contributed by atoms with Crippen molar-refractivity contribution >= 4 is 5.91 Å². The quantitative estimate of drug-likeness (QED) is 0.728. The van der Waals surface area contributed by atoms with Crippen molar-refractivity contribution in [2.75, 3.05) is 20.1 Å². The van der Waals surface area contributed by atoms with Crippen LogP contribution in [0.5, 0.6) is 0 Å². The number of nitrogens with one attached hydrogen (secondary N) is 2.